The third kappa shape index (κ3) is 3.55. The maximum absolute atomic E-state index is 11.9. The molecule has 0 bridgehead atoms. The summed E-state index contributed by atoms with van der Waals surface area (Å²) in [6.45, 7) is 3.73. The second-order valence-corrected chi connectivity index (χ2v) is 6.39. The molecule has 1 aromatic rings. The fourth-order valence-corrected chi connectivity index (χ4v) is 3.11. The van der Waals surface area contributed by atoms with Gasteiger partial charge in [0, 0.05) is 17.1 Å². The first-order valence-corrected chi connectivity index (χ1v) is 7.12. The largest absolute Gasteiger partial charge is 0.327 e. The van der Waals surface area contributed by atoms with E-state index in [4.69, 9.17) is 5.73 Å². The molecule has 4 nitrogen and oxygen atoms in total. The molecule has 0 heterocycles. The van der Waals surface area contributed by atoms with Gasteiger partial charge in [-0.05, 0) is 31.5 Å². The van der Waals surface area contributed by atoms with Gasteiger partial charge in [-0.2, -0.15) is 0 Å². The van der Waals surface area contributed by atoms with Gasteiger partial charge in [0.25, 0.3) is 0 Å². The van der Waals surface area contributed by atoms with Crippen LogP contribution in [0.5, 0.6) is 0 Å². The highest BCUT2D eigenvalue weighted by Gasteiger charge is 2.16. The zero-order valence-corrected chi connectivity index (χ0v) is 11.6. The summed E-state index contributed by atoms with van der Waals surface area (Å²) in [5.41, 5.74) is 6.22. The average molecular weight is 307 g/mol. The number of nitrogens with two attached hydrogens (primary N) is 1. The molecule has 0 aromatic heterocycles. The molecule has 16 heavy (non-hydrogen) atoms. The number of nitrogens with one attached hydrogen (secondary N) is 1. The summed E-state index contributed by atoms with van der Waals surface area (Å²) in [6.07, 6.45) is 0. The first-order valence-electron chi connectivity index (χ1n) is 4.84. The van der Waals surface area contributed by atoms with Crippen molar-refractivity contribution < 1.29 is 8.42 Å². The molecule has 0 saturated heterocycles. The van der Waals surface area contributed by atoms with Crippen molar-refractivity contribution in [3.63, 3.8) is 0 Å². The van der Waals surface area contributed by atoms with E-state index in [1.54, 1.807) is 32.0 Å². The molecule has 1 unspecified atom stereocenters. The van der Waals surface area contributed by atoms with Gasteiger partial charge in [-0.1, -0.05) is 22.0 Å². The first kappa shape index (κ1) is 13.6. The van der Waals surface area contributed by atoms with Crippen LogP contribution in [-0.2, 0) is 10.0 Å². The fraction of sp³-hybridized carbons (Fsp3) is 0.400. The van der Waals surface area contributed by atoms with Gasteiger partial charge in [0.2, 0.25) is 10.0 Å². The normalized spacial score (nSPS) is 13.8. The zero-order chi connectivity index (χ0) is 12.3. The smallest absolute Gasteiger partial charge is 0.240 e. The van der Waals surface area contributed by atoms with E-state index < -0.39 is 10.0 Å². The standard InChI is InChI=1S/C10H15BrN2O2S/c1-7-3-4-9(11)5-10(7)16(14,15)13-6-8(2)12/h3-5,8,13H,6,12H2,1-2H3. The number of sulfonamides is 1. The monoisotopic (exact) mass is 306 g/mol. The van der Waals surface area contributed by atoms with Crippen LogP contribution in [0.2, 0.25) is 0 Å². The van der Waals surface area contributed by atoms with Crippen LogP contribution in [0.15, 0.2) is 27.6 Å². The average Bonchev–Trinajstić information content (AvgIpc) is 2.19. The highest BCUT2D eigenvalue weighted by Crippen LogP contribution is 2.20. The van der Waals surface area contributed by atoms with Gasteiger partial charge in [0.05, 0.1) is 4.90 Å². The fourth-order valence-electron chi connectivity index (χ4n) is 1.18. The van der Waals surface area contributed by atoms with Crippen LogP contribution in [0.4, 0.5) is 0 Å². The van der Waals surface area contributed by atoms with E-state index in [-0.39, 0.29) is 17.5 Å². The SMILES string of the molecule is Cc1ccc(Br)cc1S(=O)(=O)NCC(C)N. The Kier molecular flexibility index (Phi) is 4.49. The molecule has 3 N–H and O–H groups in total. The molecule has 0 saturated carbocycles. The maximum Gasteiger partial charge on any atom is 0.240 e. The zero-order valence-electron chi connectivity index (χ0n) is 9.20. The van der Waals surface area contributed by atoms with Crippen molar-refractivity contribution in [2.45, 2.75) is 24.8 Å². The van der Waals surface area contributed by atoms with Gasteiger partial charge < -0.3 is 5.73 Å². The number of halogens is 1. The second kappa shape index (κ2) is 5.27. The lowest BCUT2D eigenvalue weighted by atomic mass is 10.2. The molecule has 0 fully saturated rings. The summed E-state index contributed by atoms with van der Waals surface area (Å²) in [4.78, 5) is 0.280. The summed E-state index contributed by atoms with van der Waals surface area (Å²) >= 11 is 3.25. The Morgan fingerprint density at radius 2 is 2.12 bits per heavy atom. The van der Waals surface area contributed by atoms with Crippen molar-refractivity contribution in [1.29, 1.82) is 0 Å². The lowest BCUT2D eigenvalue weighted by Crippen LogP contribution is -2.35. The van der Waals surface area contributed by atoms with Crippen molar-refractivity contribution in [2.75, 3.05) is 6.54 Å². The van der Waals surface area contributed by atoms with Crippen LogP contribution in [0, 0.1) is 6.92 Å². The Bertz CT molecular complexity index is 472. The lowest BCUT2D eigenvalue weighted by molar-refractivity contribution is 0.573. The van der Waals surface area contributed by atoms with Crippen LogP contribution < -0.4 is 10.5 Å². The minimum Gasteiger partial charge on any atom is -0.327 e. The van der Waals surface area contributed by atoms with Crippen LogP contribution in [0.3, 0.4) is 0 Å². The molecule has 0 amide bonds. The van der Waals surface area contributed by atoms with Crippen molar-refractivity contribution in [3.8, 4) is 0 Å². The third-order valence-corrected chi connectivity index (χ3v) is 4.09. The van der Waals surface area contributed by atoms with Crippen molar-refractivity contribution in [3.05, 3.63) is 28.2 Å². The van der Waals surface area contributed by atoms with Crippen LogP contribution in [0.25, 0.3) is 0 Å². The van der Waals surface area contributed by atoms with Crippen molar-refractivity contribution >= 4 is 26.0 Å². The van der Waals surface area contributed by atoms with Gasteiger partial charge in [0.1, 0.15) is 0 Å². The van der Waals surface area contributed by atoms with Crippen LogP contribution >= 0.6 is 15.9 Å². The molecule has 0 aliphatic heterocycles. The Hall–Kier alpha value is -0.430. The van der Waals surface area contributed by atoms with E-state index in [1.807, 2.05) is 0 Å². The molecule has 90 valence electrons. The van der Waals surface area contributed by atoms with Crippen molar-refractivity contribution in [1.82, 2.24) is 4.72 Å². The Morgan fingerprint density at radius 3 is 2.69 bits per heavy atom. The lowest BCUT2D eigenvalue weighted by Gasteiger charge is -2.11. The first-order chi connectivity index (χ1) is 7.33. The molecule has 6 heteroatoms. The van der Waals surface area contributed by atoms with Gasteiger partial charge in [-0.15, -0.1) is 0 Å². The highest BCUT2D eigenvalue weighted by molar-refractivity contribution is 9.10. The number of aryl methyl sites for hydroxylation is 1. The molecule has 0 spiro atoms. The third-order valence-electron chi connectivity index (χ3n) is 2.04. The molecule has 1 aromatic carbocycles. The van der Waals surface area contributed by atoms with Gasteiger partial charge in [0.15, 0.2) is 0 Å². The second-order valence-electron chi connectivity index (χ2n) is 3.74. The summed E-state index contributed by atoms with van der Waals surface area (Å²) < 4.78 is 27.0. The van der Waals surface area contributed by atoms with Gasteiger partial charge in [-0.3, -0.25) is 0 Å². The van der Waals surface area contributed by atoms with Gasteiger partial charge >= 0.3 is 0 Å². The summed E-state index contributed by atoms with van der Waals surface area (Å²) in [5, 5.41) is 0. The Morgan fingerprint density at radius 1 is 1.50 bits per heavy atom. The summed E-state index contributed by atoms with van der Waals surface area (Å²) in [6, 6.07) is 4.94. The molecular weight excluding hydrogens is 292 g/mol. The minimum atomic E-state index is -3.47. The van der Waals surface area contributed by atoms with E-state index in [1.165, 1.54) is 0 Å². The number of hydrogen-bond donors (Lipinski definition) is 2. The van der Waals surface area contributed by atoms with Crippen LogP contribution in [0.1, 0.15) is 12.5 Å². The quantitative estimate of drug-likeness (QED) is 0.883. The highest BCUT2D eigenvalue weighted by atomic mass is 79.9. The van der Waals surface area contributed by atoms with E-state index >= 15 is 0 Å². The molecule has 0 aliphatic carbocycles. The van der Waals surface area contributed by atoms with Crippen molar-refractivity contribution in [2.24, 2.45) is 5.73 Å². The van der Waals surface area contributed by atoms with E-state index in [0.29, 0.717) is 5.56 Å². The summed E-state index contributed by atoms with van der Waals surface area (Å²) in [5.74, 6) is 0. The predicted octanol–water partition coefficient (Wildman–Crippen LogP) is 1.38. The molecule has 1 atom stereocenters. The molecule has 0 aliphatic rings. The van der Waals surface area contributed by atoms with E-state index in [2.05, 4.69) is 20.7 Å². The molecule has 1 rings (SSSR count). The van der Waals surface area contributed by atoms with E-state index in [0.717, 1.165) is 4.47 Å². The van der Waals surface area contributed by atoms with Gasteiger partial charge in [-0.25, -0.2) is 13.1 Å². The number of rotatable bonds is 4. The Balaban J connectivity index is 3.02. The topological polar surface area (TPSA) is 72.2 Å². The summed E-state index contributed by atoms with van der Waals surface area (Å²) in [7, 11) is -3.47. The predicted molar refractivity (Wildman–Crippen MR) is 67.7 cm³/mol. The Labute approximate surface area is 104 Å². The minimum absolute atomic E-state index is 0.206. The van der Waals surface area contributed by atoms with Crippen LogP contribution in [-0.4, -0.2) is 21.0 Å². The molecule has 0 radical (unpaired) electrons. The number of benzene rings is 1. The molecular formula is C10H15BrN2O2S. The van der Waals surface area contributed by atoms with E-state index in [9.17, 15) is 8.42 Å². The maximum atomic E-state index is 11.9. The number of hydrogen-bond acceptors (Lipinski definition) is 3.